The van der Waals surface area contributed by atoms with Gasteiger partial charge in [-0.05, 0) is 41.3 Å². The predicted octanol–water partition coefficient (Wildman–Crippen LogP) is 3.42. The molecular formula is C19H18N4. The van der Waals surface area contributed by atoms with E-state index < -0.39 is 0 Å². The highest BCUT2D eigenvalue weighted by molar-refractivity contribution is 5.57. The molecule has 2 aromatic rings. The molecule has 0 saturated heterocycles. The van der Waals surface area contributed by atoms with Crippen molar-refractivity contribution < 1.29 is 0 Å². The van der Waals surface area contributed by atoms with Crippen molar-refractivity contribution in [1.82, 2.24) is 10.3 Å². The lowest BCUT2D eigenvalue weighted by Crippen LogP contribution is -2.11. The van der Waals surface area contributed by atoms with Crippen LogP contribution in [0.25, 0.3) is 0 Å². The molecule has 4 nitrogen and oxygen atoms in total. The summed E-state index contributed by atoms with van der Waals surface area (Å²) < 4.78 is 0. The van der Waals surface area contributed by atoms with E-state index in [1.807, 2.05) is 36.4 Å². The fourth-order valence-corrected chi connectivity index (χ4v) is 2.12. The van der Waals surface area contributed by atoms with Gasteiger partial charge in [0, 0.05) is 19.3 Å². The predicted molar refractivity (Wildman–Crippen MR) is 94.1 cm³/mol. The summed E-state index contributed by atoms with van der Waals surface area (Å²) in [6, 6.07) is 14.3. The van der Waals surface area contributed by atoms with Crippen molar-refractivity contribution in [2.75, 3.05) is 5.32 Å². The highest BCUT2D eigenvalue weighted by atomic mass is 15.0. The minimum atomic E-state index is 0.735. The van der Waals surface area contributed by atoms with Crippen LogP contribution in [0.3, 0.4) is 0 Å². The lowest BCUT2D eigenvalue weighted by Gasteiger charge is -2.08. The first-order valence-corrected chi connectivity index (χ1v) is 7.53. The third-order valence-electron chi connectivity index (χ3n) is 3.36. The molecule has 1 aromatic heterocycles. The molecule has 0 radical (unpaired) electrons. The molecule has 23 heavy (non-hydrogen) atoms. The fraction of sp³-hybridized carbons (Fsp3) is 0.105. The number of allylic oxidation sites excluding steroid dienone is 4. The number of hydrogen-bond donors (Lipinski definition) is 2. The fourth-order valence-electron chi connectivity index (χ4n) is 2.12. The van der Waals surface area contributed by atoms with Crippen molar-refractivity contribution in [2.24, 2.45) is 4.99 Å². The maximum atomic E-state index is 4.25. The van der Waals surface area contributed by atoms with Gasteiger partial charge in [0.25, 0.3) is 0 Å². The van der Waals surface area contributed by atoms with Crippen molar-refractivity contribution in [3.05, 3.63) is 89.9 Å². The standard InChI is InChI=1S/C19H18N4/c1-2-6-18(20-12-4-1)22-14-16-8-10-17(11-9-16)15-23-19-7-3-5-13-21-19/h1-11,13,22H,14-15H2,(H,21,23). The van der Waals surface area contributed by atoms with E-state index in [-0.39, 0.29) is 0 Å². The van der Waals surface area contributed by atoms with Crippen LogP contribution in [0.15, 0.2) is 83.8 Å². The Morgan fingerprint density at radius 2 is 1.65 bits per heavy atom. The molecule has 1 aromatic carbocycles. The van der Waals surface area contributed by atoms with Gasteiger partial charge in [-0.3, -0.25) is 0 Å². The van der Waals surface area contributed by atoms with Crippen LogP contribution in [0.1, 0.15) is 11.1 Å². The first-order valence-electron chi connectivity index (χ1n) is 7.53. The van der Waals surface area contributed by atoms with Crippen LogP contribution in [0.4, 0.5) is 5.82 Å². The van der Waals surface area contributed by atoms with Crippen molar-refractivity contribution in [3.63, 3.8) is 0 Å². The van der Waals surface area contributed by atoms with Crippen LogP contribution in [0.2, 0.25) is 0 Å². The number of pyridine rings is 1. The first kappa shape index (κ1) is 14.8. The summed E-state index contributed by atoms with van der Waals surface area (Å²) in [4.78, 5) is 8.43. The summed E-state index contributed by atoms with van der Waals surface area (Å²) >= 11 is 0. The molecule has 1 aliphatic rings. The lowest BCUT2D eigenvalue weighted by molar-refractivity contribution is 0.802. The van der Waals surface area contributed by atoms with Gasteiger partial charge in [0.2, 0.25) is 0 Å². The molecule has 0 spiro atoms. The van der Waals surface area contributed by atoms with Crippen LogP contribution < -0.4 is 10.6 Å². The molecule has 0 bridgehead atoms. The topological polar surface area (TPSA) is 49.3 Å². The summed E-state index contributed by atoms with van der Waals surface area (Å²) in [6.07, 6.45) is 9.35. The molecule has 114 valence electrons. The number of anilines is 1. The maximum absolute atomic E-state index is 4.25. The molecule has 0 atom stereocenters. The van der Waals surface area contributed by atoms with Crippen LogP contribution in [-0.2, 0) is 13.1 Å². The van der Waals surface area contributed by atoms with Crippen LogP contribution >= 0.6 is 0 Å². The van der Waals surface area contributed by atoms with E-state index in [1.54, 1.807) is 12.3 Å². The first-order chi connectivity index (χ1) is 11.4. The molecule has 0 aliphatic carbocycles. The Hall–Kier alpha value is -3.10. The Balaban J connectivity index is 1.52. The van der Waals surface area contributed by atoms with Crippen molar-refractivity contribution in [3.8, 4) is 0 Å². The smallest absolute Gasteiger partial charge is 0.135 e. The summed E-state index contributed by atoms with van der Waals surface area (Å²) in [6.45, 7) is 1.49. The van der Waals surface area contributed by atoms with Gasteiger partial charge >= 0.3 is 0 Å². The number of nitrogens with one attached hydrogen (secondary N) is 2. The molecule has 2 heterocycles. The number of benzene rings is 1. The van der Waals surface area contributed by atoms with Crippen LogP contribution in [0, 0.1) is 0 Å². The Kier molecular flexibility index (Phi) is 5.01. The van der Waals surface area contributed by atoms with Gasteiger partial charge in [0.15, 0.2) is 0 Å². The van der Waals surface area contributed by atoms with Gasteiger partial charge in [-0.2, -0.15) is 4.99 Å². The van der Waals surface area contributed by atoms with Gasteiger partial charge in [-0.15, -0.1) is 0 Å². The Morgan fingerprint density at radius 3 is 2.39 bits per heavy atom. The van der Waals surface area contributed by atoms with Crippen LogP contribution in [-0.4, -0.2) is 10.9 Å². The SMILES string of the molecule is C1=CC=CC=C(NCc2ccc(CNc3ccccn3)cc2)N=1. The average molecular weight is 302 g/mol. The van der Waals surface area contributed by atoms with E-state index >= 15 is 0 Å². The summed E-state index contributed by atoms with van der Waals surface area (Å²) in [5.41, 5.74) is 2.43. The third kappa shape index (κ3) is 4.70. The zero-order valence-corrected chi connectivity index (χ0v) is 12.7. The van der Waals surface area contributed by atoms with Crippen molar-refractivity contribution in [2.45, 2.75) is 13.1 Å². The van der Waals surface area contributed by atoms with Crippen LogP contribution in [0.5, 0.6) is 0 Å². The second kappa shape index (κ2) is 7.78. The quantitative estimate of drug-likeness (QED) is 0.859. The van der Waals surface area contributed by atoms with Crippen molar-refractivity contribution in [1.29, 1.82) is 0 Å². The van der Waals surface area contributed by atoms with Gasteiger partial charge in [0.1, 0.15) is 11.6 Å². The lowest BCUT2D eigenvalue weighted by atomic mass is 10.1. The van der Waals surface area contributed by atoms with E-state index in [4.69, 9.17) is 0 Å². The second-order valence-corrected chi connectivity index (χ2v) is 5.08. The maximum Gasteiger partial charge on any atom is 0.135 e. The molecular weight excluding hydrogens is 284 g/mol. The zero-order valence-electron chi connectivity index (χ0n) is 12.7. The van der Waals surface area contributed by atoms with Gasteiger partial charge < -0.3 is 10.6 Å². The highest BCUT2D eigenvalue weighted by Crippen LogP contribution is 2.08. The minimum Gasteiger partial charge on any atom is -0.366 e. The van der Waals surface area contributed by atoms with E-state index in [0.717, 1.165) is 24.7 Å². The van der Waals surface area contributed by atoms with Gasteiger partial charge in [0.05, 0.1) is 0 Å². The normalized spacial score (nSPS) is 12.6. The second-order valence-electron chi connectivity index (χ2n) is 5.08. The summed E-state index contributed by atoms with van der Waals surface area (Å²) in [7, 11) is 0. The molecule has 3 rings (SSSR count). The molecule has 0 fully saturated rings. The summed E-state index contributed by atoms with van der Waals surface area (Å²) in [5.74, 6) is 4.55. The number of aromatic nitrogens is 1. The highest BCUT2D eigenvalue weighted by Gasteiger charge is 1.98. The zero-order chi connectivity index (χ0) is 15.7. The molecule has 2 N–H and O–H groups in total. The molecule has 0 saturated carbocycles. The largest absolute Gasteiger partial charge is 0.366 e. The third-order valence-corrected chi connectivity index (χ3v) is 3.36. The van der Waals surface area contributed by atoms with E-state index in [0.29, 0.717) is 0 Å². The number of rotatable bonds is 6. The monoisotopic (exact) mass is 302 g/mol. The van der Waals surface area contributed by atoms with E-state index in [1.165, 1.54) is 11.1 Å². The number of hydrogen-bond acceptors (Lipinski definition) is 4. The van der Waals surface area contributed by atoms with Gasteiger partial charge in [-0.25, -0.2) is 4.98 Å². The van der Waals surface area contributed by atoms with E-state index in [2.05, 4.69) is 50.7 Å². The molecule has 0 unspecified atom stereocenters. The Labute approximate surface area is 136 Å². The van der Waals surface area contributed by atoms with Gasteiger partial charge in [-0.1, -0.05) is 42.5 Å². The number of aliphatic imine (C=N–C) groups is 1. The number of nitrogens with zero attached hydrogens (tertiary/aromatic N) is 2. The minimum absolute atomic E-state index is 0.735. The average Bonchev–Trinajstić information content (AvgIpc) is 2.89. The Bertz CT molecular complexity index is 752. The Morgan fingerprint density at radius 1 is 0.870 bits per heavy atom. The van der Waals surface area contributed by atoms with E-state index in [9.17, 15) is 0 Å². The molecule has 0 amide bonds. The molecule has 4 heteroatoms. The van der Waals surface area contributed by atoms with Crippen molar-refractivity contribution >= 4 is 11.7 Å². The molecule has 1 aliphatic heterocycles. The summed E-state index contributed by atoms with van der Waals surface area (Å²) in [5, 5.41) is 6.59.